The summed E-state index contributed by atoms with van der Waals surface area (Å²) in [5, 5.41) is 5.97. The van der Waals surface area contributed by atoms with Gasteiger partial charge in [-0.15, -0.1) is 0 Å². The summed E-state index contributed by atoms with van der Waals surface area (Å²) in [6, 6.07) is 14.3. The standard InChI is InChI=1S/C23H19N3O4/c1-30-16-11-9-15(10-12-16)25-22(28)18-17-8-5-13-24-26(17)20(19(18)23(25)29)21(27)14-6-3-2-4-7-14/h2-13,17-20H,1H3. The molecule has 0 aromatic heterocycles. The lowest BCUT2D eigenvalue weighted by Crippen LogP contribution is -2.46. The molecule has 2 fully saturated rings. The Kier molecular flexibility index (Phi) is 4.24. The zero-order chi connectivity index (χ0) is 20.8. The number of Topliss-reactive ketones (excluding diaryl/α,β-unsaturated/α-hetero) is 1. The number of benzene rings is 2. The second-order valence-electron chi connectivity index (χ2n) is 7.46. The minimum absolute atomic E-state index is 0.210. The number of anilines is 1. The zero-order valence-electron chi connectivity index (χ0n) is 16.2. The molecule has 0 aliphatic carbocycles. The van der Waals surface area contributed by atoms with Gasteiger partial charge in [0.05, 0.1) is 30.7 Å². The molecular formula is C23H19N3O4. The van der Waals surface area contributed by atoms with Gasteiger partial charge in [-0.25, -0.2) is 4.90 Å². The highest BCUT2D eigenvalue weighted by Crippen LogP contribution is 2.46. The Labute approximate surface area is 173 Å². The van der Waals surface area contributed by atoms with Crippen LogP contribution < -0.4 is 9.64 Å². The van der Waals surface area contributed by atoms with Crippen molar-refractivity contribution in [3.8, 4) is 5.75 Å². The molecule has 0 N–H and O–H groups in total. The zero-order valence-corrected chi connectivity index (χ0v) is 16.2. The lowest BCUT2D eigenvalue weighted by molar-refractivity contribution is -0.123. The lowest BCUT2D eigenvalue weighted by Gasteiger charge is -2.30. The molecule has 2 aromatic carbocycles. The van der Waals surface area contributed by atoms with E-state index in [9.17, 15) is 14.4 Å². The highest BCUT2D eigenvalue weighted by Gasteiger charge is 2.64. The average Bonchev–Trinajstić information content (AvgIpc) is 3.27. The van der Waals surface area contributed by atoms with E-state index in [1.807, 2.05) is 12.1 Å². The molecule has 0 bridgehead atoms. The van der Waals surface area contributed by atoms with Crippen molar-refractivity contribution in [2.24, 2.45) is 16.9 Å². The molecule has 3 heterocycles. The molecule has 150 valence electrons. The van der Waals surface area contributed by atoms with Crippen molar-refractivity contribution < 1.29 is 19.1 Å². The van der Waals surface area contributed by atoms with Crippen LogP contribution in [0.3, 0.4) is 0 Å². The van der Waals surface area contributed by atoms with Crippen molar-refractivity contribution in [3.05, 3.63) is 72.3 Å². The van der Waals surface area contributed by atoms with Gasteiger partial charge in [-0.3, -0.25) is 19.4 Å². The quantitative estimate of drug-likeness (QED) is 0.580. The average molecular weight is 401 g/mol. The van der Waals surface area contributed by atoms with Crippen LogP contribution in [-0.2, 0) is 9.59 Å². The van der Waals surface area contributed by atoms with Crippen molar-refractivity contribution in [1.82, 2.24) is 5.01 Å². The van der Waals surface area contributed by atoms with Crippen LogP contribution in [0.25, 0.3) is 0 Å². The number of nitrogens with zero attached hydrogens (tertiary/aromatic N) is 3. The van der Waals surface area contributed by atoms with Gasteiger partial charge in [0, 0.05) is 11.8 Å². The van der Waals surface area contributed by atoms with Gasteiger partial charge < -0.3 is 4.74 Å². The smallest absolute Gasteiger partial charge is 0.240 e. The molecule has 2 amide bonds. The summed E-state index contributed by atoms with van der Waals surface area (Å²) in [6.07, 6.45) is 5.17. The molecule has 0 spiro atoms. The van der Waals surface area contributed by atoms with Gasteiger partial charge in [-0.2, -0.15) is 5.10 Å². The van der Waals surface area contributed by atoms with Gasteiger partial charge in [0.15, 0.2) is 5.78 Å². The van der Waals surface area contributed by atoms with Gasteiger partial charge in [0.25, 0.3) is 0 Å². The van der Waals surface area contributed by atoms with Gasteiger partial charge in [0.1, 0.15) is 11.8 Å². The fourth-order valence-corrected chi connectivity index (χ4v) is 4.60. The first-order chi connectivity index (χ1) is 14.6. The number of allylic oxidation sites excluding steroid dienone is 1. The topological polar surface area (TPSA) is 79.3 Å². The van der Waals surface area contributed by atoms with Gasteiger partial charge in [-0.05, 0) is 30.3 Å². The van der Waals surface area contributed by atoms with E-state index in [-0.39, 0.29) is 17.6 Å². The number of methoxy groups -OCH3 is 1. The summed E-state index contributed by atoms with van der Waals surface area (Å²) in [5.74, 6) is -1.72. The van der Waals surface area contributed by atoms with Crippen molar-refractivity contribution in [2.45, 2.75) is 12.1 Å². The molecule has 3 aliphatic rings. The maximum atomic E-state index is 13.5. The minimum atomic E-state index is -0.830. The first kappa shape index (κ1) is 18.3. The number of hydrogen-bond donors (Lipinski definition) is 0. The third-order valence-electron chi connectivity index (χ3n) is 5.95. The molecule has 5 rings (SSSR count). The van der Waals surface area contributed by atoms with Crippen LogP contribution in [0.1, 0.15) is 10.4 Å². The summed E-state index contributed by atoms with van der Waals surface area (Å²) in [5.41, 5.74) is 0.968. The van der Waals surface area contributed by atoms with E-state index in [0.717, 1.165) is 0 Å². The number of carbonyl (C=O) groups is 3. The van der Waals surface area contributed by atoms with E-state index >= 15 is 0 Å². The van der Waals surface area contributed by atoms with Crippen LogP contribution in [0.15, 0.2) is 71.9 Å². The summed E-state index contributed by atoms with van der Waals surface area (Å²) in [4.78, 5) is 41.4. The molecule has 2 saturated heterocycles. The molecule has 0 radical (unpaired) electrons. The molecule has 3 aliphatic heterocycles. The molecule has 7 heteroatoms. The molecule has 2 aromatic rings. The Bertz CT molecular complexity index is 1080. The Morgan fingerprint density at radius 1 is 0.967 bits per heavy atom. The number of amides is 2. The number of ketones is 1. The number of ether oxygens (including phenoxy) is 1. The molecule has 7 nitrogen and oxygen atoms in total. The fraction of sp³-hybridized carbons (Fsp3) is 0.217. The maximum Gasteiger partial charge on any atom is 0.240 e. The van der Waals surface area contributed by atoms with Gasteiger partial charge >= 0.3 is 0 Å². The molecule has 4 unspecified atom stereocenters. The van der Waals surface area contributed by atoms with Gasteiger partial charge in [-0.1, -0.05) is 36.4 Å². The predicted molar refractivity (Wildman–Crippen MR) is 110 cm³/mol. The van der Waals surface area contributed by atoms with Crippen molar-refractivity contribution >= 4 is 29.5 Å². The van der Waals surface area contributed by atoms with E-state index in [1.54, 1.807) is 72.9 Å². The van der Waals surface area contributed by atoms with Crippen LogP contribution in [0.5, 0.6) is 5.75 Å². The van der Waals surface area contributed by atoms with E-state index in [1.165, 1.54) is 4.90 Å². The van der Waals surface area contributed by atoms with Gasteiger partial charge in [0.2, 0.25) is 11.8 Å². The molecule has 0 saturated carbocycles. The fourth-order valence-electron chi connectivity index (χ4n) is 4.60. The third kappa shape index (κ3) is 2.58. The molecule has 30 heavy (non-hydrogen) atoms. The first-order valence-corrected chi connectivity index (χ1v) is 9.72. The summed E-state index contributed by atoms with van der Waals surface area (Å²) >= 11 is 0. The monoisotopic (exact) mass is 401 g/mol. The van der Waals surface area contributed by atoms with Crippen molar-refractivity contribution in [2.75, 3.05) is 12.0 Å². The highest BCUT2D eigenvalue weighted by atomic mass is 16.5. The number of fused-ring (bicyclic) bond motifs is 3. The van der Waals surface area contributed by atoms with Crippen LogP contribution in [-0.4, -0.2) is 48.0 Å². The molecular weight excluding hydrogens is 382 g/mol. The maximum absolute atomic E-state index is 13.5. The second-order valence-corrected chi connectivity index (χ2v) is 7.46. The largest absolute Gasteiger partial charge is 0.497 e. The Hall–Kier alpha value is -3.74. The number of hydrazone groups is 1. The minimum Gasteiger partial charge on any atom is -0.497 e. The van der Waals surface area contributed by atoms with Crippen LogP contribution in [0.2, 0.25) is 0 Å². The number of rotatable bonds is 4. The number of hydrogen-bond acceptors (Lipinski definition) is 6. The Morgan fingerprint density at radius 2 is 1.67 bits per heavy atom. The number of imide groups is 1. The van der Waals surface area contributed by atoms with Crippen LogP contribution >= 0.6 is 0 Å². The normalized spacial score (nSPS) is 26.7. The Morgan fingerprint density at radius 3 is 2.37 bits per heavy atom. The summed E-state index contributed by atoms with van der Waals surface area (Å²) in [6.45, 7) is 0. The predicted octanol–water partition coefficient (Wildman–Crippen LogP) is 2.29. The number of carbonyl (C=O) groups excluding carboxylic acids is 3. The highest BCUT2D eigenvalue weighted by molar-refractivity contribution is 6.24. The van der Waals surface area contributed by atoms with E-state index < -0.39 is 23.9 Å². The van der Waals surface area contributed by atoms with E-state index in [4.69, 9.17) is 4.74 Å². The van der Waals surface area contributed by atoms with Crippen LogP contribution in [0, 0.1) is 11.8 Å². The van der Waals surface area contributed by atoms with Crippen molar-refractivity contribution in [1.29, 1.82) is 0 Å². The second kappa shape index (κ2) is 6.95. The van der Waals surface area contributed by atoms with Crippen LogP contribution in [0.4, 0.5) is 5.69 Å². The summed E-state index contributed by atoms with van der Waals surface area (Å²) < 4.78 is 5.16. The van der Waals surface area contributed by atoms with E-state index in [2.05, 4.69) is 5.10 Å². The molecule has 4 atom stereocenters. The lowest BCUT2D eigenvalue weighted by atomic mass is 9.86. The Balaban J connectivity index is 1.56. The SMILES string of the molecule is COc1ccc(N2C(=O)C3C(C2=O)C(C(=O)c2ccccc2)N2N=CC=CC32)cc1. The third-order valence-corrected chi connectivity index (χ3v) is 5.95. The van der Waals surface area contributed by atoms with E-state index in [0.29, 0.717) is 17.0 Å². The summed E-state index contributed by atoms with van der Waals surface area (Å²) in [7, 11) is 1.55. The first-order valence-electron chi connectivity index (χ1n) is 9.72. The van der Waals surface area contributed by atoms with Crippen molar-refractivity contribution in [3.63, 3.8) is 0 Å².